The Balaban J connectivity index is 2.60. The molecule has 0 amide bonds. The smallest absolute Gasteiger partial charge is 0.356 e. The summed E-state index contributed by atoms with van der Waals surface area (Å²) in [6.45, 7) is 11.1. The summed E-state index contributed by atoms with van der Waals surface area (Å²) < 4.78 is 29.1. The molecular formula is C15H26N3O5P. The number of nitrogens with one attached hydrogen (secondary N) is 2. The van der Waals surface area contributed by atoms with Crippen molar-refractivity contribution >= 4 is 13.4 Å². The standard InChI is InChI=1S/C15H26N3O5P/c1-6-13(9-17-14-7-8-16-15(19)18-14)21-10-24(20,22-11(2)3)23-12(4)5/h6-8,11-13H,1,9-10H2,2-5H3,(H2,16,17,18,19)/t13-/m0/s1. The summed E-state index contributed by atoms with van der Waals surface area (Å²) in [5, 5.41) is 2.99. The molecule has 136 valence electrons. The lowest BCUT2D eigenvalue weighted by molar-refractivity contribution is 0.0800. The van der Waals surface area contributed by atoms with Gasteiger partial charge in [-0.3, -0.25) is 9.55 Å². The van der Waals surface area contributed by atoms with Gasteiger partial charge in [0, 0.05) is 12.7 Å². The topological polar surface area (TPSA) is 103 Å². The van der Waals surface area contributed by atoms with Crippen LogP contribution in [0.25, 0.3) is 0 Å². The van der Waals surface area contributed by atoms with Gasteiger partial charge in [-0.1, -0.05) is 6.08 Å². The molecule has 2 N–H and O–H groups in total. The van der Waals surface area contributed by atoms with E-state index in [4.69, 9.17) is 13.8 Å². The van der Waals surface area contributed by atoms with Gasteiger partial charge in [-0.25, -0.2) is 9.78 Å². The van der Waals surface area contributed by atoms with Crippen LogP contribution in [-0.4, -0.2) is 41.2 Å². The molecule has 9 heteroatoms. The second-order valence-electron chi connectivity index (χ2n) is 5.66. The Morgan fingerprint density at radius 1 is 1.33 bits per heavy atom. The molecule has 1 aromatic rings. The maximum atomic E-state index is 12.7. The monoisotopic (exact) mass is 359 g/mol. The van der Waals surface area contributed by atoms with Crippen LogP contribution >= 0.6 is 7.60 Å². The van der Waals surface area contributed by atoms with Gasteiger partial charge in [0.1, 0.15) is 12.2 Å². The molecule has 0 aromatic carbocycles. The van der Waals surface area contributed by atoms with Crippen molar-refractivity contribution in [3.8, 4) is 0 Å². The zero-order valence-electron chi connectivity index (χ0n) is 14.5. The van der Waals surface area contributed by atoms with Crippen molar-refractivity contribution in [2.75, 3.05) is 18.2 Å². The van der Waals surface area contributed by atoms with Crippen molar-refractivity contribution in [1.82, 2.24) is 9.97 Å². The quantitative estimate of drug-likeness (QED) is 0.462. The van der Waals surface area contributed by atoms with Gasteiger partial charge >= 0.3 is 13.3 Å². The Bertz CT molecular complexity index is 603. The van der Waals surface area contributed by atoms with E-state index in [1.165, 1.54) is 6.20 Å². The number of aromatic nitrogens is 2. The summed E-state index contributed by atoms with van der Waals surface area (Å²) in [5.41, 5.74) is -0.448. The number of hydrogen-bond donors (Lipinski definition) is 2. The first kappa shape index (κ1) is 20.6. The molecule has 0 saturated carbocycles. The maximum Gasteiger partial charge on any atom is 0.356 e. The number of aromatic amines is 1. The van der Waals surface area contributed by atoms with Crippen LogP contribution in [0, 0.1) is 0 Å². The molecule has 24 heavy (non-hydrogen) atoms. The van der Waals surface area contributed by atoms with Gasteiger partial charge < -0.3 is 19.1 Å². The number of anilines is 1. The van der Waals surface area contributed by atoms with Crippen molar-refractivity contribution in [3.63, 3.8) is 0 Å². The number of ether oxygens (including phenoxy) is 1. The lowest BCUT2D eigenvalue weighted by atomic mass is 10.3. The van der Waals surface area contributed by atoms with E-state index in [0.29, 0.717) is 12.4 Å². The first-order valence-electron chi connectivity index (χ1n) is 7.73. The van der Waals surface area contributed by atoms with E-state index in [0.717, 1.165) is 0 Å². The van der Waals surface area contributed by atoms with Gasteiger partial charge in [-0.2, -0.15) is 0 Å². The predicted molar refractivity (Wildman–Crippen MR) is 93.3 cm³/mol. The zero-order chi connectivity index (χ0) is 18.2. The van der Waals surface area contributed by atoms with E-state index < -0.39 is 19.4 Å². The van der Waals surface area contributed by atoms with Gasteiger partial charge in [-0.15, -0.1) is 6.58 Å². The Morgan fingerprint density at radius 3 is 2.46 bits per heavy atom. The summed E-state index contributed by atoms with van der Waals surface area (Å²) in [6, 6.07) is 1.62. The van der Waals surface area contributed by atoms with Crippen molar-refractivity contribution < 1.29 is 18.3 Å². The van der Waals surface area contributed by atoms with Crippen LogP contribution in [-0.2, 0) is 18.3 Å². The van der Waals surface area contributed by atoms with E-state index in [-0.39, 0.29) is 18.6 Å². The van der Waals surface area contributed by atoms with E-state index in [2.05, 4.69) is 21.9 Å². The normalized spacial score (nSPS) is 13.2. The molecule has 1 rings (SSSR count). The summed E-state index contributed by atoms with van der Waals surface area (Å²) in [5.74, 6) is 0.505. The van der Waals surface area contributed by atoms with E-state index in [1.54, 1.807) is 39.8 Å². The zero-order valence-corrected chi connectivity index (χ0v) is 15.4. The van der Waals surface area contributed by atoms with Gasteiger partial charge in [0.25, 0.3) is 0 Å². The Labute approximate surface area is 142 Å². The minimum Gasteiger partial charge on any atom is -0.369 e. The molecule has 0 saturated heterocycles. The molecule has 0 unspecified atom stereocenters. The summed E-state index contributed by atoms with van der Waals surface area (Å²) in [7, 11) is -3.37. The van der Waals surface area contributed by atoms with Crippen molar-refractivity contribution in [1.29, 1.82) is 0 Å². The van der Waals surface area contributed by atoms with Crippen LogP contribution in [0.2, 0.25) is 0 Å². The van der Waals surface area contributed by atoms with Crippen LogP contribution in [0.3, 0.4) is 0 Å². The molecule has 8 nitrogen and oxygen atoms in total. The predicted octanol–water partition coefficient (Wildman–Crippen LogP) is 2.75. The molecule has 0 bridgehead atoms. The van der Waals surface area contributed by atoms with Gasteiger partial charge in [-0.05, 0) is 33.8 Å². The van der Waals surface area contributed by atoms with Crippen LogP contribution in [0.5, 0.6) is 0 Å². The highest BCUT2D eigenvalue weighted by Crippen LogP contribution is 2.50. The van der Waals surface area contributed by atoms with Gasteiger partial charge in [0.05, 0.1) is 18.3 Å². The number of H-pyrrole nitrogens is 1. The largest absolute Gasteiger partial charge is 0.369 e. The average molecular weight is 359 g/mol. The number of rotatable bonds is 11. The maximum absolute atomic E-state index is 12.7. The minimum absolute atomic E-state index is 0.186. The third-order valence-corrected chi connectivity index (χ3v) is 4.57. The minimum atomic E-state index is -3.37. The summed E-state index contributed by atoms with van der Waals surface area (Å²) in [4.78, 5) is 17.2. The highest BCUT2D eigenvalue weighted by Gasteiger charge is 2.29. The number of hydrogen-bond acceptors (Lipinski definition) is 7. The molecular weight excluding hydrogens is 333 g/mol. The SMILES string of the molecule is C=C[C@@H](CNc1ccnc(=O)[nH]1)OCP(=O)(OC(C)C)OC(C)C. The first-order chi connectivity index (χ1) is 11.2. The highest BCUT2D eigenvalue weighted by molar-refractivity contribution is 7.53. The van der Waals surface area contributed by atoms with Crippen molar-refractivity contribution in [3.05, 3.63) is 35.4 Å². The van der Waals surface area contributed by atoms with E-state index in [1.807, 2.05) is 0 Å². The molecule has 0 aliphatic heterocycles. The Kier molecular flexibility index (Phi) is 8.35. The Morgan fingerprint density at radius 2 is 1.96 bits per heavy atom. The van der Waals surface area contributed by atoms with E-state index >= 15 is 0 Å². The van der Waals surface area contributed by atoms with E-state index in [9.17, 15) is 9.36 Å². The molecule has 0 fully saturated rings. The fraction of sp³-hybridized carbons (Fsp3) is 0.600. The van der Waals surface area contributed by atoms with Crippen molar-refractivity contribution in [2.45, 2.75) is 46.0 Å². The lowest BCUT2D eigenvalue weighted by Gasteiger charge is -2.24. The second-order valence-corrected chi connectivity index (χ2v) is 7.56. The Hall–Kier alpha value is -1.47. The number of nitrogens with zero attached hydrogens (tertiary/aromatic N) is 1. The molecule has 1 atom stereocenters. The second kappa shape index (κ2) is 9.74. The average Bonchev–Trinajstić information content (AvgIpc) is 2.45. The van der Waals surface area contributed by atoms with Crippen LogP contribution in [0.4, 0.5) is 5.82 Å². The van der Waals surface area contributed by atoms with Crippen LogP contribution < -0.4 is 11.0 Å². The molecule has 0 aliphatic rings. The fourth-order valence-electron chi connectivity index (χ4n) is 1.81. The van der Waals surface area contributed by atoms with Gasteiger partial charge in [0.15, 0.2) is 0 Å². The third kappa shape index (κ3) is 7.88. The molecule has 1 heterocycles. The molecule has 0 spiro atoms. The first-order valence-corrected chi connectivity index (χ1v) is 9.46. The fourth-order valence-corrected chi connectivity index (χ4v) is 3.64. The summed E-state index contributed by atoms with van der Waals surface area (Å²) in [6.07, 6.45) is 1.84. The lowest BCUT2D eigenvalue weighted by Crippen LogP contribution is -2.24. The summed E-state index contributed by atoms with van der Waals surface area (Å²) >= 11 is 0. The molecule has 0 radical (unpaired) electrons. The van der Waals surface area contributed by atoms with Crippen molar-refractivity contribution in [2.24, 2.45) is 0 Å². The van der Waals surface area contributed by atoms with Crippen LogP contribution in [0.15, 0.2) is 29.7 Å². The van der Waals surface area contributed by atoms with Gasteiger partial charge in [0.2, 0.25) is 0 Å². The molecule has 1 aromatic heterocycles. The molecule has 0 aliphatic carbocycles. The third-order valence-electron chi connectivity index (χ3n) is 2.62. The highest BCUT2D eigenvalue weighted by atomic mass is 31.2. The van der Waals surface area contributed by atoms with Crippen LogP contribution in [0.1, 0.15) is 27.7 Å².